The van der Waals surface area contributed by atoms with Gasteiger partial charge in [0.15, 0.2) is 0 Å². The molecule has 2 saturated heterocycles. The zero-order chi connectivity index (χ0) is 30.2. The minimum atomic E-state index is -4.37. The van der Waals surface area contributed by atoms with Crippen LogP contribution in [0, 0.1) is 5.92 Å². The second-order valence-electron chi connectivity index (χ2n) is 10.8. The molecule has 0 spiro atoms. The highest BCUT2D eigenvalue weighted by atomic mass is 35.5. The number of aliphatic hydroxyl groups is 1. The maximum absolute atomic E-state index is 14.2. The molecular weight excluding hydrogens is 627 g/mol. The molecule has 3 aliphatic rings. The number of carbonyl (C=O) groups is 3. The van der Waals surface area contributed by atoms with Crippen molar-refractivity contribution in [1.29, 1.82) is 0 Å². The fourth-order valence-electron chi connectivity index (χ4n) is 6.01. The van der Waals surface area contributed by atoms with Crippen molar-refractivity contribution in [3.8, 4) is 0 Å². The number of piperazine rings is 1. The van der Waals surface area contributed by atoms with Gasteiger partial charge in [-0.15, -0.1) is 0 Å². The second-order valence-corrected chi connectivity index (χ2v) is 13.9. The van der Waals surface area contributed by atoms with E-state index in [9.17, 15) is 27.9 Å². The number of amides is 3. The van der Waals surface area contributed by atoms with Crippen molar-refractivity contribution < 1.29 is 27.9 Å². The van der Waals surface area contributed by atoms with E-state index in [2.05, 4.69) is 5.32 Å². The molecule has 0 radical (unpaired) electrons. The van der Waals surface area contributed by atoms with Gasteiger partial charge < -0.3 is 20.2 Å². The van der Waals surface area contributed by atoms with Gasteiger partial charge in [-0.1, -0.05) is 59.8 Å². The minimum absolute atomic E-state index is 0.0497. The first kappa shape index (κ1) is 31.0. The van der Waals surface area contributed by atoms with E-state index in [1.807, 2.05) is 0 Å². The Labute approximate surface area is 259 Å². The molecule has 5 rings (SSSR count). The third-order valence-electron chi connectivity index (χ3n) is 8.12. The normalized spacial score (nSPS) is 23.8. The predicted octanol–water partition coefficient (Wildman–Crippen LogP) is 2.93. The number of fused-ring (bicyclic) bond motifs is 1. The number of rotatable bonds is 8. The van der Waals surface area contributed by atoms with Crippen molar-refractivity contribution >= 4 is 62.5 Å². The van der Waals surface area contributed by atoms with Crippen molar-refractivity contribution in [2.24, 2.45) is 5.92 Å². The molecule has 10 nitrogen and oxygen atoms in total. The lowest BCUT2D eigenvalue weighted by Crippen LogP contribution is -2.76. The van der Waals surface area contributed by atoms with Crippen LogP contribution in [-0.4, -0.2) is 89.8 Å². The summed E-state index contributed by atoms with van der Waals surface area (Å²) >= 11 is 18.4. The van der Waals surface area contributed by atoms with Gasteiger partial charge in [-0.05, 0) is 48.7 Å². The Morgan fingerprint density at radius 3 is 2.26 bits per heavy atom. The quantitative estimate of drug-likeness (QED) is 0.450. The van der Waals surface area contributed by atoms with Gasteiger partial charge in [0.05, 0.1) is 18.2 Å². The number of halogens is 3. The van der Waals surface area contributed by atoms with Gasteiger partial charge in [-0.3, -0.25) is 14.4 Å². The van der Waals surface area contributed by atoms with E-state index in [0.717, 1.165) is 17.1 Å². The van der Waals surface area contributed by atoms with Crippen molar-refractivity contribution in [3.63, 3.8) is 0 Å². The summed E-state index contributed by atoms with van der Waals surface area (Å²) in [6, 6.07) is 8.46. The van der Waals surface area contributed by atoms with Crippen LogP contribution in [0.25, 0.3) is 0 Å². The third-order valence-corrected chi connectivity index (χ3v) is 11.0. The molecule has 2 N–H and O–H groups in total. The van der Waals surface area contributed by atoms with Crippen molar-refractivity contribution in [2.45, 2.75) is 55.2 Å². The Morgan fingerprint density at radius 2 is 1.62 bits per heavy atom. The summed E-state index contributed by atoms with van der Waals surface area (Å²) in [4.78, 5) is 43.4. The Hall–Kier alpha value is -2.41. The van der Waals surface area contributed by atoms with Crippen LogP contribution in [-0.2, 0) is 30.8 Å². The van der Waals surface area contributed by atoms with E-state index in [4.69, 9.17) is 34.8 Å². The lowest BCUT2D eigenvalue weighted by Gasteiger charge is -2.53. The summed E-state index contributed by atoms with van der Waals surface area (Å²) in [6.07, 6.45) is 2.14. The van der Waals surface area contributed by atoms with Gasteiger partial charge in [0.2, 0.25) is 27.7 Å². The summed E-state index contributed by atoms with van der Waals surface area (Å²) in [5.41, 5.74) is 0.697. The lowest BCUT2D eigenvalue weighted by molar-refractivity contribution is -0.168. The first-order chi connectivity index (χ1) is 20.0. The molecule has 42 heavy (non-hydrogen) atoms. The lowest BCUT2D eigenvalue weighted by atomic mass is 9.96. The van der Waals surface area contributed by atoms with Gasteiger partial charge in [-0.25, -0.2) is 8.42 Å². The molecule has 1 aliphatic carbocycles. The summed E-state index contributed by atoms with van der Waals surface area (Å²) in [5, 5.41) is 13.1. The molecule has 226 valence electrons. The number of aliphatic hydroxyl groups excluding tert-OH is 1. The molecule has 2 aromatic carbocycles. The maximum atomic E-state index is 14.2. The van der Waals surface area contributed by atoms with Crippen molar-refractivity contribution in [1.82, 2.24) is 19.4 Å². The number of nitrogens with zero attached hydrogens (tertiary/aromatic N) is 3. The second kappa shape index (κ2) is 12.7. The van der Waals surface area contributed by atoms with E-state index in [-0.39, 0.29) is 59.4 Å². The van der Waals surface area contributed by atoms with E-state index in [0.29, 0.717) is 23.4 Å². The average molecular weight is 658 g/mol. The predicted molar refractivity (Wildman–Crippen MR) is 157 cm³/mol. The molecule has 2 heterocycles. The molecule has 0 bridgehead atoms. The fourth-order valence-corrected chi connectivity index (χ4v) is 8.47. The van der Waals surface area contributed by atoms with E-state index in [1.54, 1.807) is 24.3 Å². The SMILES string of the molecule is O=C(NC1CN(S(=O)(=O)c2ccc(Cl)cc2Cl)C2CN(CCO)C(=O)C(Cc3ccc(Cl)cc3)N2C1=O)C1CCCC1. The number of benzene rings is 2. The Balaban J connectivity index is 1.58. The molecule has 3 fully saturated rings. The zero-order valence-electron chi connectivity index (χ0n) is 22.6. The highest BCUT2D eigenvalue weighted by Gasteiger charge is 2.54. The monoisotopic (exact) mass is 656 g/mol. The number of nitrogens with one attached hydrogen (secondary N) is 1. The summed E-state index contributed by atoms with van der Waals surface area (Å²) in [7, 11) is -4.37. The van der Waals surface area contributed by atoms with Crippen molar-refractivity contribution in [2.75, 3.05) is 26.2 Å². The van der Waals surface area contributed by atoms with Crippen LogP contribution in [0.2, 0.25) is 15.1 Å². The topological polar surface area (TPSA) is 127 Å². The van der Waals surface area contributed by atoms with Gasteiger partial charge >= 0.3 is 0 Å². The summed E-state index contributed by atoms with van der Waals surface area (Å²) < 4.78 is 29.5. The summed E-state index contributed by atoms with van der Waals surface area (Å²) in [6.45, 7) is -0.924. The van der Waals surface area contributed by atoms with Crippen LogP contribution in [0.3, 0.4) is 0 Å². The van der Waals surface area contributed by atoms with Crippen LogP contribution >= 0.6 is 34.8 Å². The van der Waals surface area contributed by atoms with Gasteiger partial charge in [0.1, 0.15) is 23.1 Å². The highest BCUT2D eigenvalue weighted by Crippen LogP contribution is 2.35. The third kappa shape index (κ3) is 6.13. The van der Waals surface area contributed by atoms with E-state index >= 15 is 0 Å². The maximum Gasteiger partial charge on any atom is 0.248 e. The van der Waals surface area contributed by atoms with Crippen LogP contribution in [0.5, 0.6) is 0 Å². The molecule has 2 aromatic rings. The first-order valence-electron chi connectivity index (χ1n) is 13.7. The van der Waals surface area contributed by atoms with Crippen LogP contribution in [0.1, 0.15) is 31.2 Å². The molecule has 3 amide bonds. The first-order valence-corrected chi connectivity index (χ1v) is 16.3. The minimum Gasteiger partial charge on any atom is -0.395 e. The Kier molecular flexibility index (Phi) is 9.36. The fraction of sp³-hybridized carbons (Fsp3) is 0.464. The van der Waals surface area contributed by atoms with E-state index in [1.165, 1.54) is 28.0 Å². The molecule has 2 aliphatic heterocycles. The largest absolute Gasteiger partial charge is 0.395 e. The Bertz CT molecular complexity index is 1470. The average Bonchev–Trinajstić information content (AvgIpc) is 3.49. The number of β-amino-alcohol motifs (C(OH)–C–C–N with tert-alkyl or cyclic N) is 1. The molecule has 0 aromatic heterocycles. The number of carbonyl (C=O) groups excluding carboxylic acids is 3. The highest BCUT2D eigenvalue weighted by molar-refractivity contribution is 7.89. The molecule has 14 heteroatoms. The van der Waals surface area contributed by atoms with E-state index < -0.39 is 40.1 Å². The smallest absolute Gasteiger partial charge is 0.248 e. The number of sulfonamides is 1. The summed E-state index contributed by atoms with van der Waals surface area (Å²) in [5.74, 6) is -1.56. The molecular formula is C28H31Cl3N4O6S. The standard InChI is InChI=1S/C28H31Cl3N4O6S/c29-19-7-5-17(6-8-19)13-23-28(39)33(11-12-36)16-25-34(42(40,41)24-10-9-20(30)14-21(24)31)15-22(27(38)35(23)25)32-26(37)18-3-1-2-4-18/h5-10,14,18,22-23,25,36H,1-4,11-13,15-16H2,(H,32,37). The van der Waals surface area contributed by atoms with Crippen LogP contribution in [0.4, 0.5) is 0 Å². The van der Waals surface area contributed by atoms with Gasteiger partial charge in [0.25, 0.3) is 0 Å². The van der Waals surface area contributed by atoms with Crippen LogP contribution < -0.4 is 5.32 Å². The van der Waals surface area contributed by atoms with Crippen molar-refractivity contribution in [3.05, 3.63) is 63.1 Å². The number of hydrogen-bond donors (Lipinski definition) is 2. The molecule has 3 atom stereocenters. The van der Waals surface area contributed by atoms with Gasteiger partial charge in [0, 0.05) is 35.5 Å². The van der Waals surface area contributed by atoms with Gasteiger partial charge in [-0.2, -0.15) is 4.31 Å². The van der Waals surface area contributed by atoms with Crippen LogP contribution in [0.15, 0.2) is 47.4 Å². The Morgan fingerprint density at radius 1 is 0.952 bits per heavy atom. The number of hydrogen-bond acceptors (Lipinski definition) is 6. The zero-order valence-corrected chi connectivity index (χ0v) is 25.7. The molecule has 3 unspecified atom stereocenters. The molecule has 1 saturated carbocycles.